The Balaban J connectivity index is 2.29. The van der Waals surface area contributed by atoms with Crippen molar-refractivity contribution in [2.45, 2.75) is 19.4 Å². The molecule has 1 aromatic carbocycles. The summed E-state index contributed by atoms with van der Waals surface area (Å²) in [7, 11) is 0. The van der Waals surface area contributed by atoms with E-state index in [1.165, 1.54) is 11.3 Å². The molecule has 0 aromatic heterocycles. The van der Waals surface area contributed by atoms with Crippen molar-refractivity contribution in [1.29, 1.82) is 0 Å². The number of hydrogen-bond acceptors (Lipinski definition) is 1. The monoisotopic (exact) mass is 179 g/mol. The number of nitrogens with zero attached hydrogens (tertiary/aromatic N) is 1. The number of para-hydroxylation sites is 1. The van der Waals surface area contributed by atoms with E-state index < -0.39 is 0 Å². The van der Waals surface area contributed by atoms with Crippen LogP contribution in [0.1, 0.15) is 12.5 Å². The fraction of sp³-hybridized carbons (Fsp3) is 0.455. The highest BCUT2D eigenvalue weighted by atomic mass is 19.1. The molecule has 1 nitrogen and oxygen atoms in total. The van der Waals surface area contributed by atoms with Gasteiger partial charge in [-0.15, -0.1) is 0 Å². The zero-order valence-electron chi connectivity index (χ0n) is 7.83. The molecule has 1 unspecified atom stereocenters. The van der Waals surface area contributed by atoms with Crippen molar-refractivity contribution >= 4 is 5.69 Å². The largest absolute Gasteiger partial charge is 0.366 e. The molecule has 13 heavy (non-hydrogen) atoms. The molecule has 0 saturated heterocycles. The van der Waals surface area contributed by atoms with Crippen molar-refractivity contribution in [2.75, 3.05) is 18.1 Å². The van der Waals surface area contributed by atoms with Crippen LogP contribution >= 0.6 is 0 Å². The van der Waals surface area contributed by atoms with Crippen molar-refractivity contribution in [3.05, 3.63) is 29.8 Å². The number of benzene rings is 1. The maximum atomic E-state index is 12.3. The smallest absolute Gasteiger partial charge is 0.107 e. The predicted molar refractivity (Wildman–Crippen MR) is 52.9 cm³/mol. The van der Waals surface area contributed by atoms with Gasteiger partial charge in [0, 0.05) is 18.3 Å². The molecule has 0 fully saturated rings. The summed E-state index contributed by atoms with van der Waals surface area (Å²) in [5.41, 5.74) is 2.57. The molecule has 1 aliphatic rings. The second-order valence-corrected chi connectivity index (χ2v) is 3.56. The SMILES string of the molecule is CC1Cc2ccccc2N1CCF. The topological polar surface area (TPSA) is 3.24 Å². The number of alkyl halides is 1. The van der Waals surface area contributed by atoms with Crippen molar-refractivity contribution < 1.29 is 4.39 Å². The number of hydrogen-bond donors (Lipinski definition) is 0. The van der Waals surface area contributed by atoms with Gasteiger partial charge in [-0.1, -0.05) is 18.2 Å². The van der Waals surface area contributed by atoms with Crippen LogP contribution in [0.4, 0.5) is 10.1 Å². The fourth-order valence-corrected chi connectivity index (χ4v) is 2.06. The van der Waals surface area contributed by atoms with Crippen LogP contribution in [0.5, 0.6) is 0 Å². The molecule has 1 aromatic rings. The molecule has 2 rings (SSSR count). The van der Waals surface area contributed by atoms with Gasteiger partial charge in [0.25, 0.3) is 0 Å². The van der Waals surface area contributed by atoms with Crippen LogP contribution in [0.3, 0.4) is 0 Å². The molecule has 0 aliphatic carbocycles. The Morgan fingerprint density at radius 3 is 3.00 bits per heavy atom. The van der Waals surface area contributed by atoms with Gasteiger partial charge in [-0.05, 0) is 25.0 Å². The Kier molecular flexibility index (Phi) is 2.21. The third-order valence-corrected chi connectivity index (χ3v) is 2.67. The zero-order valence-corrected chi connectivity index (χ0v) is 7.83. The summed E-state index contributed by atoms with van der Waals surface area (Å²) in [5.74, 6) is 0. The molecule has 2 heteroatoms. The summed E-state index contributed by atoms with van der Waals surface area (Å²) >= 11 is 0. The normalized spacial score (nSPS) is 20.5. The van der Waals surface area contributed by atoms with Crippen LogP contribution in [0.2, 0.25) is 0 Å². The summed E-state index contributed by atoms with van der Waals surface area (Å²) in [4.78, 5) is 2.15. The average molecular weight is 179 g/mol. The van der Waals surface area contributed by atoms with Crippen LogP contribution in [-0.2, 0) is 6.42 Å². The Hall–Kier alpha value is -1.05. The summed E-state index contributed by atoms with van der Waals surface area (Å²) < 4.78 is 12.3. The predicted octanol–water partition coefficient (Wildman–Crippen LogP) is 2.41. The molecule has 0 saturated carbocycles. The van der Waals surface area contributed by atoms with Gasteiger partial charge in [-0.3, -0.25) is 0 Å². The van der Waals surface area contributed by atoms with Crippen LogP contribution in [0.15, 0.2) is 24.3 Å². The average Bonchev–Trinajstić information content (AvgIpc) is 2.44. The lowest BCUT2D eigenvalue weighted by atomic mass is 10.1. The van der Waals surface area contributed by atoms with E-state index in [9.17, 15) is 4.39 Å². The molecule has 1 heterocycles. The Bertz CT molecular complexity index is 298. The molecule has 0 N–H and O–H groups in total. The molecule has 0 bridgehead atoms. The molecule has 70 valence electrons. The Labute approximate surface area is 78.2 Å². The highest BCUT2D eigenvalue weighted by Gasteiger charge is 2.24. The van der Waals surface area contributed by atoms with Gasteiger partial charge in [0.1, 0.15) is 6.67 Å². The van der Waals surface area contributed by atoms with E-state index in [0.29, 0.717) is 12.6 Å². The minimum atomic E-state index is -0.265. The van der Waals surface area contributed by atoms with E-state index in [-0.39, 0.29) is 6.67 Å². The van der Waals surface area contributed by atoms with Gasteiger partial charge in [0.2, 0.25) is 0 Å². The minimum Gasteiger partial charge on any atom is -0.366 e. The molecule has 1 aliphatic heterocycles. The first-order valence-electron chi connectivity index (χ1n) is 4.73. The first-order valence-corrected chi connectivity index (χ1v) is 4.73. The fourth-order valence-electron chi connectivity index (χ4n) is 2.06. The first-order chi connectivity index (χ1) is 6.33. The number of halogens is 1. The summed E-state index contributed by atoms with van der Waals surface area (Å²) in [6.07, 6.45) is 1.05. The number of fused-ring (bicyclic) bond motifs is 1. The highest BCUT2D eigenvalue weighted by Crippen LogP contribution is 2.31. The van der Waals surface area contributed by atoms with E-state index in [0.717, 1.165) is 6.42 Å². The van der Waals surface area contributed by atoms with Gasteiger partial charge in [-0.25, -0.2) is 4.39 Å². The molecule has 1 atom stereocenters. The maximum Gasteiger partial charge on any atom is 0.107 e. The van der Waals surface area contributed by atoms with E-state index in [1.54, 1.807) is 0 Å². The number of rotatable bonds is 2. The molecule has 0 radical (unpaired) electrons. The van der Waals surface area contributed by atoms with E-state index in [2.05, 4.69) is 24.0 Å². The maximum absolute atomic E-state index is 12.3. The molecule has 0 spiro atoms. The Morgan fingerprint density at radius 2 is 2.23 bits per heavy atom. The third-order valence-electron chi connectivity index (χ3n) is 2.67. The van der Waals surface area contributed by atoms with Gasteiger partial charge >= 0.3 is 0 Å². The molecule has 0 amide bonds. The third kappa shape index (κ3) is 1.41. The lowest BCUT2D eigenvalue weighted by Gasteiger charge is -2.23. The van der Waals surface area contributed by atoms with Crippen molar-refractivity contribution in [1.82, 2.24) is 0 Å². The zero-order chi connectivity index (χ0) is 9.26. The van der Waals surface area contributed by atoms with Crippen LogP contribution in [0, 0.1) is 0 Å². The van der Waals surface area contributed by atoms with Gasteiger partial charge < -0.3 is 4.90 Å². The van der Waals surface area contributed by atoms with E-state index >= 15 is 0 Å². The lowest BCUT2D eigenvalue weighted by molar-refractivity contribution is 0.480. The van der Waals surface area contributed by atoms with Crippen molar-refractivity contribution in [3.8, 4) is 0 Å². The van der Waals surface area contributed by atoms with Gasteiger partial charge in [0.05, 0.1) is 0 Å². The minimum absolute atomic E-state index is 0.265. The van der Waals surface area contributed by atoms with E-state index in [1.807, 2.05) is 12.1 Å². The second kappa shape index (κ2) is 3.36. The molecular formula is C11H14FN. The quantitative estimate of drug-likeness (QED) is 0.674. The summed E-state index contributed by atoms with van der Waals surface area (Å²) in [5, 5.41) is 0. The van der Waals surface area contributed by atoms with Gasteiger partial charge in [0.15, 0.2) is 0 Å². The number of anilines is 1. The Morgan fingerprint density at radius 1 is 1.46 bits per heavy atom. The van der Waals surface area contributed by atoms with Crippen LogP contribution < -0.4 is 4.90 Å². The van der Waals surface area contributed by atoms with Crippen LogP contribution in [0.25, 0.3) is 0 Å². The van der Waals surface area contributed by atoms with Crippen LogP contribution in [-0.4, -0.2) is 19.3 Å². The lowest BCUT2D eigenvalue weighted by Crippen LogP contribution is -2.31. The second-order valence-electron chi connectivity index (χ2n) is 3.56. The summed E-state index contributed by atoms with van der Waals surface area (Å²) in [6.45, 7) is 2.41. The highest BCUT2D eigenvalue weighted by molar-refractivity contribution is 5.59. The van der Waals surface area contributed by atoms with Gasteiger partial charge in [-0.2, -0.15) is 0 Å². The van der Waals surface area contributed by atoms with E-state index in [4.69, 9.17) is 0 Å². The van der Waals surface area contributed by atoms with Crippen molar-refractivity contribution in [2.24, 2.45) is 0 Å². The first kappa shape index (κ1) is 8.54. The molecular weight excluding hydrogens is 165 g/mol. The standard InChI is InChI=1S/C11H14FN/c1-9-8-10-4-2-3-5-11(10)13(9)7-6-12/h2-5,9H,6-8H2,1H3. The summed E-state index contributed by atoms with van der Waals surface area (Å²) in [6, 6.07) is 8.72. The van der Waals surface area contributed by atoms with Crippen molar-refractivity contribution in [3.63, 3.8) is 0 Å².